The third kappa shape index (κ3) is 4.13. The molecule has 1 fully saturated rings. The van der Waals surface area contributed by atoms with Gasteiger partial charge in [0.15, 0.2) is 11.5 Å². The van der Waals surface area contributed by atoms with E-state index < -0.39 is 0 Å². The van der Waals surface area contributed by atoms with E-state index in [0.717, 1.165) is 28.1 Å². The summed E-state index contributed by atoms with van der Waals surface area (Å²) in [7, 11) is 0. The summed E-state index contributed by atoms with van der Waals surface area (Å²) >= 11 is 6.52. The summed E-state index contributed by atoms with van der Waals surface area (Å²) in [5, 5.41) is 10.6. The van der Waals surface area contributed by atoms with Crippen molar-refractivity contribution in [3.63, 3.8) is 0 Å². The number of fused-ring (bicyclic) bond motifs is 3. The highest BCUT2D eigenvalue weighted by atomic mass is 35.5. The van der Waals surface area contributed by atoms with Crippen molar-refractivity contribution in [3.05, 3.63) is 53.6 Å². The standard InChI is InChI=1S/C25H27ClN6O/c1-25(2,3)16-21(33)30-12-14-31(15-13-30)24-27-20-11-7-5-9-18(20)23-29-28-22(32(23)24)17-8-4-6-10-19(17)26/h4-11H,12-16H2,1-3H3. The van der Waals surface area contributed by atoms with Crippen LogP contribution in [0.15, 0.2) is 48.5 Å². The number of anilines is 1. The highest BCUT2D eigenvalue weighted by Crippen LogP contribution is 2.32. The summed E-state index contributed by atoms with van der Waals surface area (Å²) in [5.74, 6) is 1.64. The minimum atomic E-state index is -0.0212. The summed E-state index contributed by atoms with van der Waals surface area (Å²) in [5.41, 5.74) is 2.40. The molecule has 170 valence electrons. The van der Waals surface area contributed by atoms with E-state index in [0.29, 0.717) is 43.4 Å². The quantitative estimate of drug-likeness (QED) is 0.442. The summed E-state index contributed by atoms with van der Waals surface area (Å²) in [6.07, 6.45) is 0.549. The van der Waals surface area contributed by atoms with Crippen molar-refractivity contribution in [2.45, 2.75) is 27.2 Å². The number of piperazine rings is 1. The minimum Gasteiger partial charge on any atom is -0.339 e. The number of nitrogens with zero attached hydrogens (tertiary/aromatic N) is 6. The van der Waals surface area contributed by atoms with Crippen LogP contribution >= 0.6 is 11.6 Å². The van der Waals surface area contributed by atoms with E-state index in [4.69, 9.17) is 16.6 Å². The van der Waals surface area contributed by atoms with Gasteiger partial charge in [-0.2, -0.15) is 0 Å². The Balaban J connectivity index is 1.56. The molecule has 3 heterocycles. The van der Waals surface area contributed by atoms with Gasteiger partial charge in [-0.1, -0.05) is 56.6 Å². The summed E-state index contributed by atoms with van der Waals surface area (Å²) < 4.78 is 2.00. The number of aromatic nitrogens is 4. The second-order valence-electron chi connectivity index (χ2n) is 9.70. The number of amides is 1. The van der Waals surface area contributed by atoms with Gasteiger partial charge in [0, 0.05) is 43.5 Å². The number of carbonyl (C=O) groups is 1. The maximum absolute atomic E-state index is 12.7. The fraction of sp³-hybridized carbons (Fsp3) is 0.360. The van der Waals surface area contributed by atoms with Gasteiger partial charge in [0.1, 0.15) is 0 Å². The maximum atomic E-state index is 12.7. The lowest BCUT2D eigenvalue weighted by atomic mass is 9.91. The van der Waals surface area contributed by atoms with Gasteiger partial charge in [0.2, 0.25) is 11.9 Å². The zero-order valence-electron chi connectivity index (χ0n) is 19.1. The molecule has 1 aliphatic rings. The van der Waals surface area contributed by atoms with E-state index in [1.54, 1.807) is 0 Å². The predicted octanol–water partition coefficient (Wildman–Crippen LogP) is 4.68. The first-order chi connectivity index (χ1) is 15.8. The van der Waals surface area contributed by atoms with Crippen molar-refractivity contribution >= 4 is 40.0 Å². The lowest BCUT2D eigenvalue weighted by molar-refractivity contribution is -0.133. The van der Waals surface area contributed by atoms with E-state index in [1.807, 2.05) is 57.8 Å². The molecule has 0 bridgehead atoms. The molecule has 8 heteroatoms. The number of carbonyl (C=O) groups excluding carboxylic acids is 1. The van der Waals surface area contributed by atoms with Crippen LogP contribution < -0.4 is 4.90 Å². The molecule has 0 N–H and O–H groups in total. The average molecular weight is 463 g/mol. The average Bonchev–Trinajstić information content (AvgIpc) is 3.23. The van der Waals surface area contributed by atoms with Crippen LogP contribution in [0.3, 0.4) is 0 Å². The third-order valence-corrected chi connectivity index (χ3v) is 6.27. The lowest BCUT2D eigenvalue weighted by Crippen LogP contribution is -2.50. The van der Waals surface area contributed by atoms with Gasteiger partial charge in [-0.05, 0) is 29.7 Å². The molecule has 0 spiro atoms. The second kappa shape index (κ2) is 8.30. The normalized spacial score (nSPS) is 14.9. The van der Waals surface area contributed by atoms with Crippen molar-refractivity contribution in [1.29, 1.82) is 0 Å². The third-order valence-electron chi connectivity index (χ3n) is 5.94. The fourth-order valence-corrected chi connectivity index (χ4v) is 4.54. The van der Waals surface area contributed by atoms with Crippen LogP contribution in [-0.2, 0) is 4.79 Å². The van der Waals surface area contributed by atoms with E-state index >= 15 is 0 Å². The van der Waals surface area contributed by atoms with E-state index in [9.17, 15) is 4.79 Å². The first kappa shape index (κ1) is 21.6. The highest BCUT2D eigenvalue weighted by molar-refractivity contribution is 6.33. The number of hydrogen-bond donors (Lipinski definition) is 0. The Hall–Kier alpha value is -3.19. The van der Waals surface area contributed by atoms with Crippen LogP contribution in [-0.4, -0.2) is 56.6 Å². The van der Waals surface area contributed by atoms with Gasteiger partial charge >= 0.3 is 0 Å². The molecule has 33 heavy (non-hydrogen) atoms. The van der Waals surface area contributed by atoms with Gasteiger partial charge < -0.3 is 9.80 Å². The SMILES string of the molecule is CC(C)(C)CC(=O)N1CCN(c2nc3ccccc3c3nnc(-c4ccccc4Cl)n23)CC1. The zero-order valence-corrected chi connectivity index (χ0v) is 19.9. The van der Waals surface area contributed by atoms with Crippen LogP contribution in [0.4, 0.5) is 5.95 Å². The highest BCUT2D eigenvalue weighted by Gasteiger charge is 2.28. The first-order valence-corrected chi connectivity index (χ1v) is 11.6. The molecule has 1 saturated heterocycles. The Morgan fingerprint density at radius 2 is 1.67 bits per heavy atom. The van der Waals surface area contributed by atoms with Gasteiger partial charge in [0.25, 0.3) is 0 Å². The summed E-state index contributed by atoms with van der Waals surface area (Å²) in [4.78, 5) is 21.9. The number of hydrogen-bond acceptors (Lipinski definition) is 5. The smallest absolute Gasteiger partial charge is 0.223 e. The van der Waals surface area contributed by atoms with Crippen LogP contribution in [0.25, 0.3) is 27.9 Å². The number of rotatable bonds is 3. The van der Waals surface area contributed by atoms with E-state index in [-0.39, 0.29) is 11.3 Å². The van der Waals surface area contributed by atoms with Crippen molar-refractivity contribution < 1.29 is 4.79 Å². The molecule has 0 radical (unpaired) electrons. The Kier molecular flexibility index (Phi) is 5.44. The Labute approximate surface area is 198 Å². The number of para-hydroxylation sites is 1. The maximum Gasteiger partial charge on any atom is 0.223 e. The fourth-order valence-electron chi connectivity index (χ4n) is 4.32. The zero-order chi connectivity index (χ0) is 23.2. The minimum absolute atomic E-state index is 0.0212. The lowest BCUT2D eigenvalue weighted by Gasteiger charge is -2.36. The van der Waals surface area contributed by atoms with Gasteiger partial charge in [-0.15, -0.1) is 10.2 Å². The molecule has 2 aromatic carbocycles. The van der Waals surface area contributed by atoms with Gasteiger partial charge in [0.05, 0.1) is 10.5 Å². The molecule has 5 rings (SSSR count). The Morgan fingerprint density at radius 3 is 2.39 bits per heavy atom. The molecule has 2 aromatic heterocycles. The molecular weight excluding hydrogens is 436 g/mol. The number of benzene rings is 2. The van der Waals surface area contributed by atoms with Crippen molar-refractivity contribution in [2.24, 2.45) is 5.41 Å². The van der Waals surface area contributed by atoms with E-state index in [1.165, 1.54) is 0 Å². The molecule has 1 aliphatic heterocycles. The molecule has 0 unspecified atom stereocenters. The van der Waals surface area contributed by atoms with Crippen molar-refractivity contribution in [3.8, 4) is 11.4 Å². The van der Waals surface area contributed by atoms with Crippen LogP contribution in [0.5, 0.6) is 0 Å². The summed E-state index contributed by atoms with van der Waals surface area (Å²) in [6.45, 7) is 8.99. The molecule has 0 aliphatic carbocycles. The monoisotopic (exact) mass is 462 g/mol. The molecule has 4 aromatic rings. The molecule has 0 saturated carbocycles. The van der Waals surface area contributed by atoms with Crippen LogP contribution in [0.1, 0.15) is 27.2 Å². The van der Waals surface area contributed by atoms with Crippen LogP contribution in [0, 0.1) is 5.41 Å². The van der Waals surface area contributed by atoms with Gasteiger partial charge in [-0.3, -0.25) is 4.79 Å². The second-order valence-corrected chi connectivity index (χ2v) is 10.1. The molecular formula is C25H27ClN6O. The predicted molar refractivity (Wildman–Crippen MR) is 132 cm³/mol. The number of halogens is 1. The first-order valence-electron chi connectivity index (χ1n) is 11.2. The molecule has 7 nitrogen and oxygen atoms in total. The van der Waals surface area contributed by atoms with E-state index in [2.05, 4.69) is 35.9 Å². The summed E-state index contributed by atoms with van der Waals surface area (Å²) in [6, 6.07) is 15.6. The van der Waals surface area contributed by atoms with Crippen LogP contribution in [0.2, 0.25) is 5.02 Å². The van der Waals surface area contributed by atoms with Crippen molar-refractivity contribution in [2.75, 3.05) is 31.1 Å². The Bertz CT molecular complexity index is 1330. The molecule has 1 amide bonds. The van der Waals surface area contributed by atoms with Gasteiger partial charge in [-0.25, -0.2) is 9.38 Å². The Morgan fingerprint density at radius 1 is 0.970 bits per heavy atom. The van der Waals surface area contributed by atoms with Crippen molar-refractivity contribution in [1.82, 2.24) is 24.5 Å². The topological polar surface area (TPSA) is 66.6 Å². The molecule has 0 atom stereocenters. The largest absolute Gasteiger partial charge is 0.339 e.